The smallest absolute Gasteiger partial charge is 0.350 e. The lowest BCUT2D eigenvalue weighted by atomic mass is 10.0. The Kier molecular flexibility index (Phi) is 5.40. The van der Waals surface area contributed by atoms with E-state index in [0.717, 1.165) is 16.7 Å². The number of carbonyl (C=O) groups excluding carboxylic acids is 2. The van der Waals surface area contributed by atoms with Crippen LogP contribution in [0.4, 0.5) is 16.2 Å². The van der Waals surface area contributed by atoms with Crippen molar-refractivity contribution in [2.75, 3.05) is 22.9 Å². The molecular weight excluding hydrogens is 446 g/mol. The summed E-state index contributed by atoms with van der Waals surface area (Å²) in [5.74, 6) is -0.539. The molecule has 0 saturated carbocycles. The number of aromatic nitrogens is 4. The van der Waals surface area contributed by atoms with Crippen molar-refractivity contribution in [2.24, 2.45) is 12.8 Å². The molecule has 0 bridgehead atoms. The van der Waals surface area contributed by atoms with Gasteiger partial charge in [0.05, 0.1) is 17.6 Å². The quantitative estimate of drug-likeness (QED) is 0.482. The number of primary amides is 1. The number of anilines is 2. The highest BCUT2D eigenvalue weighted by Gasteiger charge is 2.32. The van der Waals surface area contributed by atoms with Crippen LogP contribution in [-0.2, 0) is 7.05 Å². The number of rotatable bonds is 5. The second-order valence-electron chi connectivity index (χ2n) is 8.29. The molecule has 0 aliphatic carbocycles. The zero-order valence-electron chi connectivity index (χ0n) is 19.3. The van der Waals surface area contributed by atoms with E-state index in [1.54, 1.807) is 53.5 Å². The summed E-state index contributed by atoms with van der Waals surface area (Å²) in [6.45, 7) is 2.91. The van der Waals surface area contributed by atoms with Crippen molar-refractivity contribution in [2.45, 2.75) is 6.92 Å². The fourth-order valence-corrected chi connectivity index (χ4v) is 4.27. The Morgan fingerprint density at radius 1 is 0.971 bits per heavy atom. The fraction of sp³-hybridized carbons (Fsp3) is 0.160. The Hall–Kier alpha value is -4.73. The number of carbonyl (C=O) groups is 2. The number of amides is 3. The minimum Gasteiger partial charge on any atom is -0.366 e. The molecule has 1 fully saturated rings. The predicted molar refractivity (Wildman–Crippen MR) is 132 cm³/mol. The summed E-state index contributed by atoms with van der Waals surface area (Å²) in [4.78, 5) is 44.7. The maximum Gasteiger partial charge on any atom is 0.350 e. The second kappa shape index (κ2) is 8.56. The highest BCUT2D eigenvalue weighted by molar-refractivity contribution is 6.07. The van der Waals surface area contributed by atoms with Gasteiger partial charge in [-0.05, 0) is 48.4 Å². The minimum absolute atomic E-state index is 0.194. The molecule has 5 rings (SSSR count). The molecule has 0 unspecified atom stereocenters. The maximum absolute atomic E-state index is 13.3. The third-order valence-electron chi connectivity index (χ3n) is 6.21. The van der Waals surface area contributed by atoms with E-state index in [4.69, 9.17) is 5.73 Å². The number of aryl methyl sites for hydroxylation is 1. The van der Waals surface area contributed by atoms with Crippen LogP contribution < -0.4 is 21.2 Å². The molecule has 2 aromatic heterocycles. The first-order valence-electron chi connectivity index (χ1n) is 11.0. The van der Waals surface area contributed by atoms with E-state index in [2.05, 4.69) is 10.1 Å². The molecule has 2 aromatic carbocycles. The minimum atomic E-state index is -0.539. The Labute approximate surface area is 200 Å². The average Bonchev–Trinajstić information content (AvgIpc) is 3.41. The van der Waals surface area contributed by atoms with Crippen LogP contribution in [-0.4, -0.2) is 44.4 Å². The van der Waals surface area contributed by atoms with Gasteiger partial charge >= 0.3 is 11.7 Å². The number of nitrogens with zero attached hydrogens (tertiary/aromatic N) is 6. The van der Waals surface area contributed by atoms with E-state index < -0.39 is 5.91 Å². The number of benzene rings is 2. The summed E-state index contributed by atoms with van der Waals surface area (Å²) in [7, 11) is 1.60. The molecule has 1 aliphatic rings. The van der Waals surface area contributed by atoms with Crippen molar-refractivity contribution in [1.82, 2.24) is 19.3 Å². The molecule has 3 heterocycles. The first kappa shape index (κ1) is 22.1. The SMILES string of the molecule is Cc1c(-c2ccc(-n3cnn(C)c3=O)cc2)cncc1N1CCN(c2cccc(C(N)=O)c2)C1=O. The van der Waals surface area contributed by atoms with Crippen LogP contribution in [0.1, 0.15) is 15.9 Å². The Bertz CT molecular complexity index is 1500. The van der Waals surface area contributed by atoms with Gasteiger partial charge in [-0.15, -0.1) is 0 Å². The Morgan fingerprint density at radius 2 is 1.71 bits per heavy atom. The highest BCUT2D eigenvalue weighted by Crippen LogP contribution is 2.33. The van der Waals surface area contributed by atoms with Crippen molar-refractivity contribution < 1.29 is 9.59 Å². The standard InChI is InChI=1S/C25H23N7O3/c1-16-21(17-6-8-19(9-7-17)32-15-28-29(2)24(32)34)13-27-14-22(16)31-11-10-30(25(31)35)20-5-3-4-18(12-20)23(26)33/h3-9,12-15H,10-11H2,1-2H3,(H2,26,33). The van der Waals surface area contributed by atoms with E-state index in [1.165, 1.54) is 15.6 Å². The summed E-state index contributed by atoms with van der Waals surface area (Å²) in [6.07, 6.45) is 4.93. The maximum atomic E-state index is 13.3. The van der Waals surface area contributed by atoms with Gasteiger partial charge in [0.2, 0.25) is 5.91 Å². The van der Waals surface area contributed by atoms with Gasteiger partial charge in [0.15, 0.2) is 0 Å². The molecule has 3 amide bonds. The second-order valence-corrected chi connectivity index (χ2v) is 8.29. The van der Waals surface area contributed by atoms with E-state index in [0.29, 0.717) is 35.7 Å². The molecule has 0 atom stereocenters. The van der Waals surface area contributed by atoms with Crippen molar-refractivity contribution in [3.8, 4) is 16.8 Å². The van der Waals surface area contributed by atoms with Crippen LogP contribution >= 0.6 is 0 Å². The molecule has 10 heteroatoms. The molecule has 176 valence electrons. The van der Waals surface area contributed by atoms with Crippen LogP contribution in [0.5, 0.6) is 0 Å². The molecular formula is C25H23N7O3. The van der Waals surface area contributed by atoms with E-state index in [-0.39, 0.29) is 11.7 Å². The summed E-state index contributed by atoms with van der Waals surface area (Å²) < 4.78 is 2.74. The number of hydrogen-bond donors (Lipinski definition) is 1. The molecule has 0 radical (unpaired) electrons. The lowest BCUT2D eigenvalue weighted by Crippen LogP contribution is -2.32. The number of pyridine rings is 1. The van der Waals surface area contributed by atoms with E-state index in [9.17, 15) is 14.4 Å². The van der Waals surface area contributed by atoms with Gasteiger partial charge in [0.1, 0.15) is 6.33 Å². The van der Waals surface area contributed by atoms with Crippen molar-refractivity contribution >= 4 is 23.3 Å². The van der Waals surface area contributed by atoms with Gasteiger partial charge in [-0.3, -0.25) is 19.6 Å². The Balaban J connectivity index is 1.43. The summed E-state index contributed by atoms with van der Waals surface area (Å²) >= 11 is 0. The summed E-state index contributed by atoms with van der Waals surface area (Å²) in [5.41, 5.74) is 10.3. The third kappa shape index (κ3) is 3.84. The average molecular weight is 470 g/mol. The van der Waals surface area contributed by atoms with Gasteiger partial charge < -0.3 is 5.73 Å². The summed E-state index contributed by atoms with van der Waals surface area (Å²) in [6, 6.07) is 14.1. The van der Waals surface area contributed by atoms with Crippen LogP contribution in [0.15, 0.2) is 72.0 Å². The first-order chi connectivity index (χ1) is 16.8. The normalized spacial score (nSPS) is 13.5. The molecule has 0 spiro atoms. The lowest BCUT2D eigenvalue weighted by molar-refractivity contribution is 0.1000. The topological polar surface area (TPSA) is 119 Å². The lowest BCUT2D eigenvalue weighted by Gasteiger charge is -2.21. The molecule has 1 aliphatic heterocycles. The number of hydrogen-bond acceptors (Lipinski definition) is 5. The van der Waals surface area contributed by atoms with Gasteiger partial charge in [-0.1, -0.05) is 18.2 Å². The van der Waals surface area contributed by atoms with Gasteiger partial charge in [0, 0.05) is 43.1 Å². The zero-order chi connectivity index (χ0) is 24.7. The fourth-order valence-electron chi connectivity index (χ4n) is 4.27. The molecule has 35 heavy (non-hydrogen) atoms. The van der Waals surface area contributed by atoms with Crippen LogP contribution in [0.3, 0.4) is 0 Å². The van der Waals surface area contributed by atoms with Gasteiger partial charge in [-0.25, -0.2) is 18.8 Å². The third-order valence-corrected chi connectivity index (χ3v) is 6.21. The molecule has 10 nitrogen and oxygen atoms in total. The molecule has 4 aromatic rings. The largest absolute Gasteiger partial charge is 0.366 e. The number of nitrogens with two attached hydrogens (primary N) is 1. The van der Waals surface area contributed by atoms with Crippen LogP contribution in [0, 0.1) is 6.92 Å². The first-order valence-corrected chi connectivity index (χ1v) is 11.0. The van der Waals surface area contributed by atoms with Crippen molar-refractivity contribution in [3.63, 3.8) is 0 Å². The van der Waals surface area contributed by atoms with Crippen molar-refractivity contribution in [1.29, 1.82) is 0 Å². The predicted octanol–water partition coefficient (Wildman–Crippen LogP) is 2.49. The Morgan fingerprint density at radius 3 is 2.40 bits per heavy atom. The summed E-state index contributed by atoms with van der Waals surface area (Å²) in [5, 5.41) is 3.98. The monoisotopic (exact) mass is 469 g/mol. The van der Waals surface area contributed by atoms with Crippen LogP contribution in [0.25, 0.3) is 16.8 Å². The highest BCUT2D eigenvalue weighted by atomic mass is 16.2. The van der Waals surface area contributed by atoms with Crippen LogP contribution in [0.2, 0.25) is 0 Å². The molecule has 1 saturated heterocycles. The van der Waals surface area contributed by atoms with E-state index >= 15 is 0 Å². The molecule has 2 N–H and O–H groups in total. The number of urea groups is 1. The van der Waals surface area contributed by atoms with E-state index in [1.807, 2.05) is 31.2 Å². The zero-order valence-corrected chi connectivity index (χ0v) is 19.3. The van der Waals surface area contributed by atoms with Gasteiger partial charge in [0.25, 0.3) is 0 Å². The van der Waals surface area contributed by atoms with Gasteiger partial charge in [-0.2, -0.15) is 5.10 Å². The van der Waals surface area contributed by atoms with Crippen molar-refractivity contribution in [3.05, 3.63) is 88.9 Å².